The van der Waals surface area contributed by atoms with Crippen LogP contribution >= 0.6 is 0 Å². The molecule has 0 aromatic carbocycles. The molecule has 3 rings (SSSR count). The molecule has 5 heteroatoms. The highest BCUT2D eigenvalue weighted by Gasteiger charge is 2.20. The van der Waals surface area contributed by atoms with Crippen molar-refractivity contribution in [2.75, 3.05) is 25.1 Å². The van der Waals surface area contributed by atoms with Crippen molar-refractivity contribution in [3.63, 3.8) is 0 Å². The van der Waals surface area contributed by atoms with Crippen LogP contribution in [0.3, 0.4) is 0 Å². The first-order chi connectivity index (χ1) is 9.79. The van der Waals surface area contributed by atoms with Crippen molar-refractivity contribution in [3.8, 4) is 0 Å². The number of anilines is 1. The van der Waals surface area contributed by atoms with Crippen LogP contribution in [0.25, 0.3) is 5.65 Å². The van der Waals surface area contributed by atoms with Crippen molar-refractivity contribution in [1.29, 1.82) is 0 Å². The number of fused-ring (bicyclic) bond motifs is 1. The first-order valence-corrected chi connectivity index (χ1v) is 7.28. The van der Waals surface area contributed by atoms with E-state index in [0.29, 0.717) is 12.6 Å². The molecular formula is C15H22N4O. The maximum atomic E-state index is 5.91. The Balaban J connectivity index is 1.84. The van der Waals surface area contributed by atoms with E-state index in [4.69, 9.17) is 15.5 Å². The monoisotopic (exact) mass is 274 g/mol. The Bertz CT molecular complexity index is 574. The third-order valence-electron chi connectivity index (χ3n) is 3.91. The Morgan fingerprint density at radius 1 is 1.45 bits per heavy atom. The van der Waals surface area contributed by atoms with Gasteiger partial charge in [0.1, 0.15) is 5.65 Å². The number of imidazole rings is 1. The minimum atomic E-state index is 0.309. The summed E-state index contributed by atoms with van der Waals surface area (Å²) in [5.41, 5.74) is 7.91. The zero-order valence-electron chi connectivity index (χ0n) is 12.0. The molecule has 2 aromatic rings. The molecule has 0 aliphatic carbocycles. The van der Waals surface area contributed by atoms with E-state index in [0.717, 1.165) is 36.7 Å². The summed E-state index contributed by atoms with van der Waals surface area (Å²) in [7, 11) is 2.07. The third kappa shape index (κ3) is 2.51. The van der Waals surface area contributed by atoms with Gasteiger partial charge < -0.3 is 19.8 Å². The van der Waals surface area contributed by atoms with Crippen LogP contribution in [-0.4, -0.2) is 35.7 Å². The fourth-order valence-electron chi connectivity index (χ4n) is 2.87. The number of hydrogen-bond acceptors (Lipinski definition) is 4. The second-order valence-corrected chi connectivity index (χ2v) is 5.38. The molecule has 108 valence electrons. The Labute approximate surface area is 119 Å². The van der Waals surface area contributed by atoms with Gasteiger partial charge in [-0.2, -0.15) is 0 Å². The van der Waals surface area contributed by atoms with Crippen molar-refractivity contribution in [2.24, 2.45) is 5.73 Å². The molecule has 0 saturated carbocycles. The lowest BCUT2D eigenvalue weighted by atomic mass is 10.1. The largest absolute Gasteiger partial charge is 0.376 e. The van der Waals surface area contributed by atoms with Crippen LogP contribution in [0.15, 0.2) is 24.4 Å². The summed E-state index contributed by atoms with van der Waals surface area (Å²) in [5, 5.41) is 0. The predicted octanol–water partition coefficient (Wildman–Crippen LogP) is 1.80. The summed E-state index contributed by atoms with van der Waals surface area (Å²) in [5.74, 6) is 0.966. The van der Waals surface area contributed by atoms with E-state index in [2.05, 4.69) is 16.3 Å². The fourth-order valence-corrected chi connectivity index (χ4v) is 2.87. The summed E-state index contributed by atoms with van der Waals surface area (Å²) in [6, 6.07) is 6.01. The number of nitrogens with two attached hydrogens (primary N) is 1. The molecule has 5 nitrogen and oxygen atoms in total. The normalized spacial score (nSPS) is 19.4. The predicted molar refractivity (Wildman–Crippen MR) is 79.9 cm³/mol. The van der Waals surface area contributed by atoms with Crippen molar-refractivity contribution in [1.82, 2.24) is 9.38 Å². The van der Waals surface area contributed by atoms with Gasteiger partial charge in [-0.25, -0.2) is 4.98 Å². The molecule has 1 saturated heterocycles. The van der Waals surface area contributed by atoms with Crippen LogP contribution in [0.5, 0.6) is 0 Å². The van der Waals surface area contributed by atoms with Crippen LogP contribution < -0.4 is 10.6 Å². The average molecular weight is 274 g/mol. The molecule has 3 heterocycles. The van der Waals surface area contributed by atoms with E-state index in [1.807, 2.05) is 24.4 Å². The molecule has 1 unspecified atom stereocenters. The number of nitrogens with zero attached hydrogens (tertiary/aromatic N) is 3. The summed E-state index contributed by atoms with van der Waals surface area (Å²) in [6.07, 6.45) is 5.90. The molecule has 1 aliphatic heterocycles. The summed E-state index contributed by atoms with van der Waals surface area (Å²) in [6.45, 7) is 2.24. The number of aromatic nitrogens is 2. The maximum Gasteiger partial charge on any atom is 0.152 e. The highest BCUT2D eigenvalue weighted by molar-refractivity contribution is 5.55. The van der Waals surface area contributed by atoms with Gasteiger partial charge in [-0.1, -0.05) is 6.07 Å². The molecule has 0 bridgehead atoms. The summed E-state index contributed by atoms with van der Waals surface area (Å²) in [4.78, 5) is 6.87. The average Bonchev–Trinajstić information content (AvgIpc) is 2.87. The van der Waals surface area contributed by atoms with Gasteiger partial charge >= 0.3 is 0 Å². The van der Waals surface area contributed by atoms with E-state index in [-0.39, 0.29) is 0 Å². The highest BCUT2D eigenvalue weighted by atomic mass is 16.5. The van der Waals surface area contributed by atoms with Crippen LogP contribution in [0.4, 0.5) is 5.82 Å². The topological polar surface area (TPSA) is 55.8 Å². The lowest BCUT2D eigenvalue weighted by Crippen LogP contribution is -2.34. The van der Waals surface area contributed by atoms with Crippen molar-refractivity contribution in [3.05, 3.63) is 30.1 Å². The van der Waals surface area contributed by atoms with E-state index >= 15 is 0 Å². The number of rotatable bonds is 4. The van der Waals surface area contributed by atoms with E-state index in [1.54, 1.807) is 0 Å². The van der Waals surface area contributed by atoms with Gasteiger partial charge in [0.25, 0.3) is 0 Å². The SMILES string of the molecule is CN(CC1CCCCO1)c1nc2ccccn2c1CN. The smallest absolute Gasteiger partial charge is 0.152 e. The minimum absolute atomic E-state index is 0.309. The van der Waals surface area contributed by atoms with Gasteiger partial charge in [-0.05, 0) is 31.4 Å². The molecule has 2 N–H and O–H groups in total. The van der Waals surface area contributed by atoms with Crippen LogP contribution in [-0.2, 0) is 11.3 Å². The molecular weight excluding hydrogens is 252 g/mol. The first kappa shape index (κ1) is 13.4. The molecule has 1 aliphatic rings. The van der Waals surface area contributed by atoms with E-state index < -0.39 is 0 Å². The number of pyridine rings is 1. The van der Waals surface area contributed by atoms with Gasteiger partial charge in [0.05, 0.1) is 11.8 Å². The van der Waals surface area contributed by atoms with Gasteiger partial charge in [-0.3, -0.25) is 0 Å². The molecule has 1 atom stereocenters. The molecule has 0 radical (unpaired) electrons. The van der Waals surface area contributed by atoms with Gasteiger partial charge in [-0.15, -0.1) is 0 Å². The van der Waals surface area contributed by atoms with E-state index in [1.165, 1.54) is 12.8 Å². The Hall–Kier alpha value is -1.59. The minimum Gasteiger partial charge on any atom is -0.376 e. The lowest BCUT2D eigenvalue weighted by molar-refractivity contribution is 0.0215. The first-order valence-electron chi connectivity index (χ1n) is 7.28. The zero-order valence-corrected chi connectivity index (χ0v) is 12.0. The van der Waals surface area contributed by atoms with Gasteiger partial charge in [0, 0.05) is 32.9 Å². The highest BCUT2D eigenvalue weighted by Crippen LogP contribution is 2.22. The second kappa shape index (κ2) is 5.81. The van der Waals surface area contributed by atoms with Crippen LogP contribution in [0, 0.1) is 0 Å². The second-order valence-electron chi connectivity index (χ2n) is 5.38. The van der Waals surface area contributed by atoms with Gasteiger partial charge in [0.2, 0.25) is 0 Å². The molecule has 0 spiro atoms. The molecule has 20 heavy (non-hydrogen) atoms. The number of likely N-dealkylation sites (N-methyl/N-ethyl adjacent to an activating group) is 1. The van der Waals surface area contributed by atoms with Crippen molar-refractivity contribution < 1.29 is 4.74 Å². The third-order valence-corrected chi connectivity index (χ3v) is 3.91. The Morgan fingerprint density at radius 3 is 3.10 bits per heavy atom. The van der Waals surface area contributed by atoms with Gasteiger partial charge in [0.15, 0.2) is 5.82 Å². The summed E-state index contributed by atoms with van der Waals surface area (Å²) < 4.78 is 7.87. The molecule has 1 fully saturated rings. The summed E-state index contributed by atoms with van der Waals surface area (Å²) >= 11 is 0. The Kier molecular flexibility index (Phi) is 3.89. The van der Waals surface area contributed by atoms with E-state index in [9.17, 15) is 0 Å². The quantitative estimate of drug-likeness (QED) is 0.923. The number of ether oxygens (including phenoxy) is 1. The lowest BCUT2D eigenvalue weighted by Gasteiger charge is -2.28. The van der Waals surface area contributed by atoms with Crippen LogP contribution in [0.1, 0.15) is 25.0 Å². The molecule has 2 aromatic heterocycles. The van der Waals surface area contributed by atoms with Crippen molar-refractivity contribution in [2.45, 2.75) is 31.9 Å². The number of hydrogen-bond donors (Lipinski definition) is 1. The standard InChI is InChI=1S/C15H22N4O/c1-18(11-12-6-3-5-9-20-12)15-13(10-16)19-8-4-2-7-14(19)17-15/h2,4,7-8,12H,3,5-6,9-11,16H2,1H3. The fraction of sp³-hybridized carbons (Fsp3) is 0.533. The maximum absolute atomic E-state index is 5.91. The van der Waals surface area contributed by atoms with Crippen LogP contribution in [0.2, 0.25) is 0 Å². The zero-order chi connectivity index (χ0) is 13.9. The Morgan fingerprint density at radius 2 is 2.35 bits per heavy atom. The van der Waals surface area contributed by atoms with Crippen molar-refractivity contribution >= 4 is 11.5 Å². The molecule has 0 amide bonds.